The summed E-state index contributed by atoms with van der Waals surface area (Å²) in [6.07, 6.45) is 2.44. The maximum absolute atomic E-state index is 13.5. The molecule has 1 aliphatic rings. The number of carbonyl (C=O) groups excluding carboxylic acids is 1. The quantitative estimate of drug-likeness (QED) is 0.923. The van der Waals surface area contributed by atoms with Crippen molar-refractivity contribution in [2.45, 2.75) is 32.1 Å². The Labute approximate surface area is 115 Å². The molecular formula is C15H16F2O3. The molecule has 0 heterocycles. The Balaban J connectivity index is 2.12. The van der Waals surface area contributed by atoms with Crippen LogP contribution in [-0.2, 0) is 16.0 Å². The van der Waals surface area contributed by atoms with Crippen LogP contribution in [0.25, 0.3) is 0 Å². The number of hydrogen-bond donors (Lipinski definition) is 1. The second-order valence-electron chi connectivity index (χ2n) is 5.21. The number of aliphatic carboxylic acids is 1. The fourth-order valence-corrected chi connectivity index (χ4v) is 2.80. The van der Waals surface area contributed by atoms with Crippen LogP contribution in [0, 0.1) is 23.5 Å². The third-order valence-corrected chi connectivity index (χ3v) is 3.88. The van der Waals surface area contributed by atoms with Crippen LogP contribution in [0.1, 0.15) is 31.2 Å². The van der Waals surface area contributed by atoms with Gasteiger partial charge in [-0.15, -0.1) is 0 Å². The van der Waals surface area contributed by atoms with Crippen molar-refractivity contribution in [1.29, 1.82) is 0 Å². The van der Waals surface area contributed by atoms with Crippen LogP contribution in [0.5, 0.6) is 0 Å². The molecular weight excluding hydrogens is 266 g/mol. The summed E-state index contributed by atoms with van der Waals surface area (Å²) in [7, 11) is 0. The van der Waals surface area contributed by atoms with Crippen molar-refractivity contribution in [2.75, 3.05) is 0 Å². The molecule has 1 N–H and O–H groups in total. The third kappa shape index (κ3) is 3.21. The number of halogens is 2. The zero-order chi connectivity index (χ0) is 14.7. The SMILES string of the molecule is O=C(Cc1ccc(F)cc1F)[C@H]1CCCC[C@H]1C(=O)O. The molecule has 5 heteroatoms. The lowest BCUT2D eigenvalue weighted by molar-refractivity contribution is -0.148. The molecule has 2 rings (SSSR count). The van der Waals surface area contributed by atoms with Gasteiger partial charge in [-0.2, -0.15) is 0 Å². The van der Waals surface area contributed by atoms with Gasteiger partial charge in [0.25, 0.3) is 0 Å². The van der Waals surface area contributed by atoms with Crippen molar-refractivity contribution in [3.05, 3.63) is 35.4 Å². The van der Waals surface area contributed by atoms with Crippen LogP contribution in [0.2, 0.25) is 0 Å². The molecule has 0 unspecified atom stereocenters. The predicted molar refractivity (Wildman–Crippen MR) is 68.2 cm³/mol. The van der Waals surface area contributed by atoms with E-state index in [1.54, 1.807) is 0 Å². The average Bonchev–Trinajstić information content (AvgIpc) is 2.41. The van der Waals surface area contributed by atoms with E-state index in [0.29, 0.717) is 12.8 Å². The minimum Gasteiger partial charge on any atom is -0.481 e. The fourth-order valence-electron chi connectivity index (χ4n) is 2.80. The smallest absolute Gasteiger partial charge is 0.307 e. The summed E-state index contributed by atoms with van der Waals surface area (Å²) >= 11 is 0. The van der Waals surface area contributed by atoms with E-state index in [-0.39, 0.29) is 17.8 Å². The highest BCUT2D eigenvalue weighted by Gasteiger charge is 2.35. The first-order chi connectivity index (χ1) is 9.49. The lowest BCUT2D eigenvalue weighted by Crippen LogP contribution is -2.33. The summed E-state index contributed by atoms with van der Waals surface area (Å²) in [4.78, 5) is 23.4. The van der Waals surface area contributed by atoms with Gasteiger partial charge in [-0.3, -0.25) is 9.59 Å². The Morgan fingerprint density at radius 1 is 1.15 bits per heavy atom. The standard InChI is InChI=1S/C15H16F2O3/c16-10-6-5-9(13(17)8-10)7-14(18)11-3-1-2-4-12(11)15(19)20/h5-6,8,11-12H,1-4,7H2,(H,19,20)/t11-,12+/m0/s1. The van der Waals surface area contributed by atoms with E-state index < -0.39 is 29.4 Å². The van der Waals surface area contributed by atoms with Crippen LogP contribution in [0.3, 0.4) is 0 Å². The lowest BCUT2D eigenvalue weighted by atomic mass is 9.76. The highest BCUT2D eigenvalue weighted by atomic mass is 19.1. The van der Waals surface area contributed by atoms with Gasteiger partial charge in [-0.1, -0.05) is 18.9 Å². The van der Waals surface area contributed by atoms with Crippen molar-refractivity contribution in [2.24, 2.45) is 11.8 Å². The fraction of sp³-hybridized carbons (Fsp3) is 0.467. The van der Waals surface area contributed by atoms with E-state index in [1.165, 1.54) is 6.07 Å². The van der Waals surface area contributed by atoms with E-state index in [4.69, 9.17) is 5.11 Å². The highest BCUT2D eigenvalue weighted by Crippen LogP contribution is 2.32. The summed E-state index contributed by atoms with van der Waals surface area (Å²) in [6, 6.07) is 3.07. The first kappa shape index (κ1) is 14.6. The van der Waals surface area contributed by atoms with Gasteiger partial charge < -0.3 is 5.11 Å². The van der Waals surface area contributed by atoms with Crippen LogP contribution in [0.4, 0.5) is 8.78 Å². The van der Waals surface area contributed by atoms with Gasteiger partial charge in [0.05, 0.1) is 5.92 Å². The molecule has 3 nitrogen and oxygen atoms in total. The minimum absolute atomic E-state index is 0.117. The Bertz CT molecular complexity index is 528. The van der Waals surface area contributed by atoms with Crippen LogP contribution >= 0.6 is 0 Å². The molecule has 0 aromatic heterocycles. The van der Waals surface area contributed by atoms with Gasteiger partial charge in [0.1, 0.15) is 17.4 Å². The summed E-state index contributed by atoms with van der Waals surface area (Å²) in [5.74, 6) is -3.95. The number of hydrogen-bond acceptors (Lipinski definition) is 2. The number of benzene rings is 1. The number of ketones is 1. The van der Waals surface area contributed by atoms with Crippen molar-refractivity contribution < 1.29 is 23.5 Å². The molecule has 1 aromatic rings. The summed E-state index contributed by atoms with van der Waals surface area (Å²) in [5.41, 5.74) is 0.117. The van der Waals surface area contributed by atoms with Crippen molar-refractivity contribution in [1.82, 2.24) is 0 Å². The van der Waals surface area contributed by atoms with Crippen molar-refractivity contribution in [3.63, 3.8) is 0 Å². The van der Waals surface area contributed by atoms with Gasteiger partial charge in [0.2, 0.25) is 0 Å². The van der Waals surface area contributed by atoms with E-state index in [0.717, 1.165) is 25.0 Å². The molecule has 0 radical (unpaired) electrons. The zero-order valence-corrected chi connectivity index (χ0v) is 10.9. The summed E-state index contributed by atoms with van der Waals surface area (Å²) < 4.78 is 26.3. The molecule has 0 aliphatic heterocycles. The molecule has 0 spiro atoms. The Morgan fingerprint density at radius 3 is 2.40 bits per heavy atom. The normalized spacial score (nSPS) is 22.5. The molecule has 2 atom stereocenters. The van der Waals surface area contributed by atoms with Crippen molar-refractivity contribution in [3.8, 4) is 0 Å². The van der Waals surface area contributed by atoms with E-state index in [2.05, 4.69) is 0 Å². The zero-order valence-electron chi connectivity index (χ0n) is 10.9. The number of carbonyl (C=O) groups is 2. The third-order valence-electron chi connectivity index (χ3n) is 3.88. The lowest BCUT2D eigenvalue weighted by Gasteiger charge is -2.27. The highest BCUT2D eigenvalue weighted by molar-refractivity contribution is 5.88. The van der Waals surface area contributed by atoms with Crippen LogP contribution < -0.4 is 0 Å². The first-order valence-corrected chi connectivity index (χ1v) is 6.68. The largest absolute Gasteiger partial charge is 0.481 e. The maximum Gasteiger partial charge on any atom is 0.307 e. The van der Waals surface area contributed by atoms with E-state index in [9.17, 15) is 18.4 Å². The van der Waals surface area contributed by atoms with Crippen molar-refractivity contribution >= 4 is 11.8 Å². The monoisotopic (exact) mass is 282 g/mol. The minimum atomic E-state index is -0.970. The van der Waals surface area contributed by atoms with Crippen LogP contribution in [-0.4, -0.2) is 16.9 Å². The molecule has 0 amide bonds. The molecule has 20 heavy (non-hydrogen) atoms. The first-order valence-electron chi connectivity index (χ1n) is 6.68. The molecule has 1 saturated carbocycles. The van der Waals surface area contributed by atoms with Crippen LogP contribution in [0.15, 0.2) is 18.2 Å². The van der Waals surface area contributed by atoms with Gasteiger partial charge in [0, 0.05) is 18.4 Å². The molecule has 1 aliphatic carbocycles. The van der Waals surface area contributed by atoms with Gasteiger partial charge in [-0.05, 0) is 24.5 Å². The molecule has 0 saturated heterocycles. The molecule has 0 bridgehead atoms. The Kier molecular flexibility index (Phi) is 4.47. The number of rotatable bonds is 4. The second kappa shape index (κ2) is 6.11. The number of carboxylic acids is 1. The number of carboxylic acid groups (broad SMARTS) is 1. The molecule has 1 aromatic carbocycles. The van der Waals surface area contributed by atoms with Gasteiger partial charge in [-0.25, -0.2) is 8.78 Å². The molecule has 1 fully saturated rings. The summed E-state index contributed by atoms with van der Waals surface area (Å²) in [6.45, 7) is 0. The van der Waals surface area contributed by atoms with E-state index in [1.807, 2.05) is 0 Å². The van der Waals surface area contributed by atoms with Gasteiger partial charge in [0.15, 0.2) is 0 Å². The Hall–Kier alpha value is -1.78. The van der Waals surface area contributed by atoms with Gasteiger partial charge >= 0.3 is 5.97 Å². The topological polar surface area (TPSA) is 54.4 Å². The molecule has 108 valence electrons. The Morgan fingerprint density at radius 2 is 1.80 bits per heavy atom. The second-order valence-corrected chi connectivity index (χ2v) is 5.21. The predicted octanol–water partition coefficient (Wildman–Crippen LogP) is 2.97. The summed E-state index contributed by atoms with van der Waals surface area (Å²) in [5, 5.41) is 9.14. The number of Topliss-reactive ketones (excluding diaryl/α,β-unsaturated/α-hetero) is 1. The average molecular weight is 282 g/mol. The maximum atomic E-state index is 13.5. The van der Waals surface area contributed by atoms with E-state index >= 15 is 0 Å².